The van der Waals surface area contributed by atoms with E-state index in [0.29, 0.717) is 17.9 Å². The molecular weight excluding hydrogens is 320 g/mol. The summed E-state index contributed by atoms with van der Waals surface area (Å²) in [6, 6.07) is 14.8. The van der Waals surface area contributed by atoms with Crippen LogP contribution in [-0.2, 0) is 6.61 Å². The van der Waals surface area contributed by atoms with E-state index in [4.69, 9.17) is 4.74 Å². The molecule has 3 rings (SSSR count). The van der Waals surface area contributed by atoms with Crippen LogP contribution >= 0.6 is 11.3 Å². The Labute approximate surface area is 145 Å². The summed E-state index contributed by atoms with van der Waals surface area (Å²) in [5.74, 6) is 0.577. The Bertz CT molecular complexity index is 823. The molecule has 0 atom stereocenters. The van der Waals surface area contributed by atoms with Crippen molar-refractivity contribution in [3.8, 4) is 5.75 Å². The molecule has 0 aliphatic heterocycles. The van der Waals surface area contributed by atoms with Gasteiger partial charge in [-0.3, -0.25) is 4.79 Å². The number of nitrogens with zero attached hydrogens (tertiary/aromatic N) is 1. The van der Waals surface area contributed by atoms with Crippen molar-refractivity contribution in [2.24, 2.45) is 0 Å². The Balaban J connectivity index is 1.59. The SMILES string of the molecule is Cc1ccc(NC(=O)c2ccc(OCc3csc(C)n3)cc2)cc1. The predicted molar refractivity (Wildman–Crippen MR) is 96.8 cm³/mol. The van der Waals surface area contributed by atoms with Crippen LogP contribution < -0.4 is 10.1 Å². The maximum atomic E-state index is 12.2. The van der Waals surface area contributed by atoms with Crippen molar-refractivity contribution in [3.05, 3.63) is 75.7 Å². The molecule has 122 valence electrons. The van der Waals surface area contributed by atoms with Crippen molar-refractivity contribution < 1.29 is 9.53 Å². The van der Waals surface area contributed by atoms with Gasteiger partial charge in [-0.1, -0.05) is 17.7 Å². The minimum Gasteiger partial charge on any atom is -0.487 e. The van der Waals surface area contributed by atoms with Crippen molar-refractivity contribution in [2.75, 3.05) is 5.32 Å². The van der Waals surface area contributed by atoms with Crippen LogP contribution in [0.4, 0.5) is 5.69 Å². The van der Waals surface area contributed by atoms with E-state index in [1.807, 2.05) is 43.5 Å². The lowest BCUT2D eigenvalue weighted by molar-refractivity contribution is 0.102. The van der Waals surface area contributed by atoms with Gasteiger partial charge in [-0.25, -0.2) is 4.98 Å². The number of thiazole rings is 1. The van der Waals surface area contributed by atoms with E-state index in [2.05, 4.69) is 10.3 Å². The van der Waals surface area contributed by atoms with E-state index >= 15 is 0 Å². The maximum absolute atomic E-state index is 12.2. The smallest absolute Gasteiger partial charge is 0.255 e. The Morgan fingerprint density at radius 3 is 2.42 bits per heavy atom. The largest absolute Gasteiger partial charge is 0.487 e. The molecule has 0 spiro atoms. The summed E-state index contributed by atoms with van der Waals surface area (Å²) >= 11 is 1.60. The Kier molecular flexibility index (Phi) is 4.91. The molecule has 5 heteroatoms. The summed E-state index contributed by atoms with van der Waals surface area (Å²) in [7, 11) is 0. The highest BCUT2D eigenvalue weighted by Gasteiger charge is 2.07. The van der Waals surface area contributed by atoms with Gasteiger partial charge in [-0.2, -0.15) is 0 Å². The van der Waals surface area contributed by atoms with Crippen LogP contribution in [0.3, 0.4) is 0 Å². The predicted octanol–water partition coefficient (Wildman–Crippen LogP) is 4.59. The van der Waals surface area contributed by atoms with Crippen molar-refractivity contribution in [2.45, 2.75) is 20.5 Å². The quantitative estimate of drug-likeness (QED) is 0.740. The van der Waals surface area contributed by atoms with Crippen LogP contribution in [0.25, 0.3) is 0 Å². The molecule has 3 aromatic rings. The molecule has 1 amide bonds. The van der Waals surface area contributed by atoms with Crippen LogP contribution in [0.1, 0.15) is 26.6 Å². The van der Waals surface area contributed by atoms with Gasteiger partial charge in [-0.15, -0.1) is 11.3 Å². The second-order valence-corrected chi connectivity index (χ2v) is 6.55. The normalized spacial score (nSPS) is 10.4. The fourth-order valence-electron chi connectivity index (χ4n) is 2.17. The van der Waals surface area contributed by atoms with Crippen molar-refractivity contribution in [1.82, 2.24) is 4.98 Å². The fourth-order valence-corrected chi connectivity index (χ4v) is 2.77. The minimum atomic E-state index is -0.138. The molecule has 4 nitrogen and oxygen atoms in total. The zero-order valence-electron chi connectivity index (χ0n) is 13.6. The molecule has 0 saturated heterocycles. The monoisotopic (exact) mass is 338 g/mol. The number of hydrogen-bond acceptors (Lipinski definition) is 4. The summed E-state index contributed by atoms with van der Waals surface area (Å²) in [6.07, 6.45) is 0. The van der Waals surface area contributed by atoms with Crippen LogP contribution in [0.5, 0.6) is 5.75 Å². The maximum Gasteiger partial charge on any atom is 0.255 e. The average molecular weight is 338 g/mol. The fraction of sp³-hybridized carbons (Fsp3) is 0.158. The Morgan fingerprint density at radius 1 is 1.08 bits per heavy atom. The standard InChI is InChI=1S/C19H18N2O2S/c1-13-3-7-16(8-4-13)21-19(22)15-5-9-18(10-6-15)23-11-17-12-24-14(2)20-17/h3-10,12H,11H2,1-2H3,(H,21,22). The van der Waals surface area contributed by atoms with E-state index in [1.165, 1.54) is 0 Å². The van der Waals surface area contributed by atoms with Crippen molar-refractivity contribution in [1.29, 1.82) is 0 Å². The average Bonchev–Trinajstić information content (AvgIpc) is 3.01. The summed E-state index contributed by atoms with van der Waals surface area (Å²) in [4.78, 5) is 16.6. The van der Waals surface area contributed by atoms with Gasteiger partial charge in [0.25, 0.3) is 5.91 Å². The van der Waals surface area contributed by atoms with E-state index in [-0.39, 0.29) is 5.91 Å². The second kappa shape index (κ2) is 7.27. The summed E-state index contributed by atoms with van der Waals surface area (Å²) in [6.45, 7) is 4.41. The van der Waals surface area contributed by atoms with Gasteiger partial charge in [0.2, 0.25) is 0 Å². The number of benzene rings is 2. The van der Waals surface area contributed by atoms with Crippen LogP contribution in [0.15, 0.2) is 53.9 Å². The van der Waals surface area contributed by atoms with Crippen LogP contribution in [-0.4, -0.2) is 10.9 Å². The topological polar surface area (TPSA) is 51.2 Å². The number of amides is 1. The highest BCUT2D eigenvalue weighted by Crippen LogP contribution is 2.17. The number of ether oxygens (including phenoxy) is 1. The van der Waals surface area contributed by atoms with E-state index in [0.717, 1.165) is 22.0 Å². The first kappa shape index (κ1) is 16.2. The summed E-state index contributed by atoms with van der Waals surface area (Å²) < 4.78 is 5.68. The number of nitrogens with one attached hydrogen (secondary N) is 1. The molecule has 0 bridgehead atoms. The highest BCUT2D eigenvalue weighted by atomic mass is 32.1. The van der Waals surface area contributed by atoms with Gasteiger partial charge in [0.05, 0.1) is 10.7 Å². The van der Waals surface area contributed by atoms with Crippen LogP contribution in [0, 0.1) is 13.8 Å². The summed E-state index contributed by atoms with van der Waals surface area (Å²) in [5.41, 5.74) is 3.45. The zero-order chi connectivity index (χ0) is 16.9. The zero-order valence-corrected chi connectivity index (χ0v) is 14.4. The van der Waals surface area contributed by atoms with Gasteiger partial charge in [0.1, 0.15) is 12.4 Å². The molecule has 0 fully saturated rings. The number of anilines is 1. The molecule has 2 aromatic carbocycles. The number of aromatic nitrogens is 1. The molecular formula is C19H18N2O2S. The Morgan fingerprint density at radius 2 is 1.79 bits per heavy atom. The van der Waals surface area contributed by atoms with Gasteiger partial charge in [0.15, 0.2) is 0 Å². The molecule has 0 saturated carbocycles. The Hall–Kier alpha value is -2.66. The third-order valence-corrected chi connectivity index (χ3v) is 4.30. The first-order valence-corrected chi connectivity index (χ1v) is 8.50. The molecule has 0 aliphatic rings. The first-order chi connectivity index (χ1) is 11.6. The molecule has 0 aliphatic carbocycles. The van der Waals surface area contributed by atoms with Gasteiger partial charge >= 0.3 is 0 Å². The van der Waals surface area contributed by atoms with E-state index in [1.54, 1.807) is 35.6 Å². The third kappa shape index (κ3) is 4.20. The molecule has 24 heavy (non-hydrogen) atoms. The van der Waals surface area contributed by atoms with Gasteiger partial charge in [-0.05, 0) is 50.2 Å². The van der Waals surface area contributed by atoms with Gasteiger partial charge in [0, 0.05) is 16.6 Å². The highest BCUT2D eigenvalue weighted by molar-refractivity contribution is 7.09. The lowest BCUT2D eigenvalue weighted by atomic mass is 10.2. The number of carbonyl (C=O) groups excluding carboxylic acids is 1. The first-order valence-electron chi connectivity index (χ1n) is 7.62. The second-order valence-electron chi connectivity index (χ2n) is 5.49. The minimum absolute atomic E-state index is 0.138. The van der Waals surface area contributed by atoms with Crippen molar-refractivity contribution in [3.63, 3.8) is 0 Å². The van der Waals surface area contributed by atoms with Crippen LogP contribution in [0.2, 0.25) is 0 Å². The number of carbonyl (C=O) groups is 1. The molecule has 1 N–H and O–H groups in total. The van der Waals surface area contributed by atoms with E-state index in [9.17, 15) is 4.79 Å². The molecule has 0 radical (unpaired) electrons. The van der Waals surface area contributed by atoms with E-state index < -0.39 is 0 Å². The molecule has 1 aromatic heterocycles. The number of hydrogen-bond donors (Lipinski definition) is 1. The molecule has 0 unspecified atom stereocenters. The lowest BCUT2D eigenvalue weighted by Crippen LogP contribution is -2.11. The molecule has 1 heterocycles. The third-order valence-electron chi connectivity index (χ3n) is 3.48. The van der Waals surface area contributed by atoms with Crippen molar-refractivity contribution >= 4 is 22.9 Å². The summed E-state index contributed by atoms with van der Waals surface area (Å²) in [5, 5.41) is 5.89. The number of rotatable bonds is 5. The lowest BCUT2D eigenvalue weighted by Gasteiger charge is -2.07. The number of aryl methyl sites for hydroxylation is 2. The van der Waals surface area contributed by atoms with Gasteiger partial charge < -0.3 is 10.1 Å².